The first-order valence-corrected chi connectivity index (χ1v) is 3.40. The number of aliphatic hydroxyl groups is 2. The van der Waals surface area contributed by atoms with Crippen LogP contribution in [0.25, 0.3) is 0 Å². The second kappa shape index (κ2) is 2.17. The molecule has 2 N–H and O–H groups in total. The van der Waals surface area contributed by atoms with Crippen molar-refractivity contribution in [3.05, 3.63) is 0 Å². The van der Waals surface area contributed by atoms with E-state index in [-0.39, 0.29) is 12.4 Å². The van der Waals surface area contributed by atoms with E-state index in [1.807, 2.05) is 0 Å². The number of aliphatic hydroxyl groups excluding tert-OH is 2. The minimum Gasteiger partial charge on any atom is -0.390 e. The molecule has 2 rings (SSSR count). The number of hydrogen-bond acceptors (Lipinski definition) is 4. The average Bonchev–Trinajstić information content (AvgIpc) is 2.29. The Morgan fingerprint density at radius 1 is 1.30 bits per heavy atom. The predicted octanol–water partition coefficient (Wildman–Crippen LogP) is -1.15. The molecular formula is C6H10O4. The van der Waals surface area contributed by atoms with Crippen molar-refractivity contribution in [1.29, 1.82) is 0 Å². The van der Waals surface area contributed by atoms with Crippen molar-refractivity contribution < 1.29 is 19.7 Å². The maximum atomic E-state index is 9.21. The molecule has 4 nitrogen and oxygen atoms in total. The van der Waals surface area contributed by atoms with Gasteiger partial charge in [-0.3, -0.25) is 0 Å². The molecule has 2 fully saturated rings. The van der Waals surface area contributed by atoms with E-state index in [1.54, 1.807) is 0 Å². The van der Waals surface area contributed by atoms with E-state index in [2.05, 4.69) is 0 Å². The molecular weight excluding hydrogens is 136 g/mol. The molecule has 0 unspecified atom stereocenters. The van der Waals surface area contributed by atoms with Crippen LogP contribution < -0.4 is 0 Å². The van der Waals surface area contributed by atoms with Crippen molar-refractivity contribution in [1.82, 2.24) is 0 Å². The standard InChI is InChI=1S/C6H10O4/c7-3-1-5-9-2-4(10-5)6(3)8/h3-8H,1-2H2/t3-,4+,5-,6+/m1/s1. The zero-order valence-corrected chi connectivity index (χ0v) is 5.43. The van der Waals surface area contributed by atoms with E-state index >= 15 is 0 Å². The summed E-state index contributed by atoms with van der Waals surface area (Å²) in [4.78, 5) is 0. The van der Waals surface area contributed by atoms with Gasteiger partial charge in [0, 0.05) is 6.42 Å². The summed E-state index contributed by atoms with van der Waals surface area (Å²) in [5, 5.41) is 18.4. The van der Waals surface area contributed by atoms with Gasteiger partial charge in [0.15, 0.2) is 6.29 Å². The molecule has 0 spiro atoms. The van der Waals surface area contributed by atoms with E-state index in [0.29, 0.717) is 13.0 Å². The number of hydrogen-bond donors (Lipinski definition) is 2. The second-order valence-electron chi connectivity index (χ2n) is 2.73. The Bertz CT molecular complexity index is 138. The van der Waals surface area contributed by atoms with Crippen molar-refractivity contribution in [3.8, 4) is 0 Å². The van der Waals surface area contributed by atoms with Crippen molar-refractivity contribution in [2.45, 2.75) is 31.0 Å². The summed E-state index contributed by atoms with van der Waals surface area (Å²) in [6, 6.07) is 0. The lowest BCUT2D eigenvalue weighted by molar-refractivity contribution is -0.165. The van der Waals surface area contributed by atoms with E-state index in [9.17, 15) is 5.11 Å². The second-order valence-corrected chi connectivity index (χ2v) is 2.73. The smallest absolute Gasteiger partial charge is 0.160 e. The van der Waals surface area contributed by atoms with E-state index in [1.165, 1.54) is 0 Å². The van der Waals surface area contributed by atoms with Gasteiger partial charge in [-0.25, -0.2) is 0 Å². The molecule has 2 aliphatic heterocycles. The highest BCUT2D eigenvalue weighted by atomic mass is 16.7. The van der Waals surface area contributed by atoms with Gasteiger partial charge in [-0.15, -0.1) is 0 Å². The fourth-order valence-electron chi connectivity index (χ4n) is 1.36. The molecule has 10 heavy (non-hydrogen) atoms. The Kier molecular flexibility index (Phi) is 1.42. The molecule has 0 saturated carbocycles. The lowest BCUT2D eigenvalue weighted by Crippen LogP contribution is -2.44. The van der Waals surface area contributed by atoms with Gasteiger partial charge < -0.3 is 19.7 Å². The molecule has 0 radical (unpaired) electrons. The van der Waals surface area contributed by atoms with Crippen LogP contribution in [0.15, 0.2) is 0 Å². The highest BCUT2D eigenvalue weighted by molar-refractivity contribution is 4.86. The number of rotatable bonds is 0. The Balaban J connectivity index is 2.09. The number of fused-ring (bicyclic) bond motifs is 2. The minimum atomic E-state index is -0.765. The summed E-state index contributed by atoms with van der Waals surface area (Å²) in [5.41, 5.74) is 0. The first kappa shape index (κ1) is 6.54. The highest BCUT2D eigenvalue weighted by Crippen LogP contribution is 2.26. The summed E-state index contributed by atoms with van der Waals surface area (Å²) >= 11 is 0. The van der Waals surface area contributed by atoms with E-state index < -0.39 is 12.2 Å². The van der Waals surface area contributed by atoms with Crippen LogP contribution in [0.2, 0.25) is 0 Å². The third-order valence-electron chi connectivity index (χ3n) is 1.98. The van der Waals surface area contributed by atoms with Crippen molar-refractivity contribution >= 4 is 0 Å². The third kappa shape index (κ3) is 0.845. The van der Waals surface area contributed by atoms with Gasteiger partial charge in [0.25, 0.3) is 0 Å². The molecule has 2 heterocycles. The Hall–Kier alpha value is -0.160. The SMILES string of the molecule is O[C@H]1[C@H](O)C[C@@H]2OC[C@@H]1O2. The Morgan fingerprint density at radius 2 is 2.10 bits per heavy atom. The number of ether oxygens (including phenoxy) is 2. The molecule has 0 amide bonds. The van der Waals surface area contributed by atoms with Gasteiger partial charge in [-0.1, -0.05) is 0 Å². The topological polar surface area (TPSA) is 58.9 Å². The summed E-state index contributed by atoms with van der Waals surface area (Å²) in [6.45, 7) is 0.406. The maximum absolute atomic E-state index is 9.21. The van der Waals surface area contributed by atoms with Crippen molar-refractivity contribution in [3.63, 3.8) is 0 Å². The third-order valence-corrected chi connectivity index (χ3v) is 1.98. The summed E-state index contributed by atoms with van der Waals surface area (Å²) in [5.74, 6) is 0. The predicted molar refractivity (Wildman–Crippen MR) is 31.2 cm³/mol. The lowest BCUT2D eigenvalue weighted by atomic mass is 10.0. The highest BCUT2D eigenvalue weighted by Gasteiger charge is 2.42. The molecule has 0 aliphatic carbocycles. The van der Waals surface area contributed by atoms with E-state index in [0.717, 1.165) is 0 Å². The molecule has 2 aliphatic rings. The van der Waals surface area contributed by atoms with Gasteiger partial charge in [-0.05, 0) is 0 Å². The molecule has 4 heteroatoms. The van der Waals surface area contributed by atoms with Gasteiger partial charge in [0.05, 0.1) is 12.7 Å². The van der Waals surface area contributed by atoms with Gasteiger partial charge in [0.2, 0.25) is 0 Å². The largest absolute Gasteiger partial charge is 0.390 e. The van der Waals surface area contributed by atoms with Crippen LogP contribution >= 0.6 is 0 Å². The van der Waals surface area contributed by atoms with Gasteiger partial charge in [0.1, 0.15) is 12.2 Å². The Labute approximate surface area is 58.4 Å². The van der Waals surface area contributed by atoms with E-state index in [4.69, 9.17) is 14.6 Å². The van der Waals surface area contributed by atoms with Crippen LogP contribution in [-0.2, 0) is 9.47 Å². The summed E-state index contributed by atoms with van der Waals surface area (Å²) < 4.78 is 10.2. The quantitative estimate of drug-likeness (QED) is 0.453. The van der Waals surface area contributed by atoms with Crippen LogP contribution in [-0.4, -0.2) is 41.4 Å². The van der Waals surface area contributed by atoms with Gasteiger partial charge in [-0.2, -0.15) is 0 Å². The first-order chi connectivity index (χ1) is 4.77. The molecule has 2 saturated heterocycles. The fraction of sp³-hybridized carbons (Fsp3) is 1.00. The maximum Gasteiger partial charge on any atom is 0.160 e. The van der Waals surface area contributed by atoms with Crippen LogP contribution in [0, 0.1) is 0 Å². The van der Waals surface area contributed by atoms with Crippen LogP contribution in [0.1, 0.15) is 6.42 Å². The molecule has 2 bridgehead atoms. The molecule has 4 atom stereocenters. The molecule has 0 aromatic heterocycles. The normalized spacial score (nSPS) is 53.4. The fourth-order valence-corrected chi connectivity index (χ4v) is 1.36. The minimum absolute atomic E-state index is 0.289. The molecule has 0 aromatic carbocycles. The van der Waals surface area contributed by atoms with Gasteiger partial charge >= 0.3 is 0 Å². The van der Waals surface area contributed by atoms with Crippen molar-refractivity contribution in [2.24, 2.45) is 0 Å². The van der Waals surface area contributed by atoms with Crippen LogP contribution in [0.5, 0.6) is 0 Å². The zero-order valence-electron chi connectivity index (χ0n) is 5.43. The van der Waals surface area contributed by atoms with Crippen LogP contribution in [0.3, 0.4) is 0 Å². The zero-order chi connectivity index (χ0) is 7.14. The summed E-state index contributed by atoms with van der Waals surface area (Å²) in [7, 11) is 0. The lowest BCUT2D eigenvalue weighted by Gasteiger charge is -2.27. The average molecular weight is 146 g/mol. The molecule has 0 aromatic rings. The monoisotopic (exact) mass is 146 g/mol. The Morgan fingerprint density at radius 3 is 2.90 bits per heavy atom. The first-order valence-electron chi connectivity index (χ1n) is 3.40. The van der Waals surface area contributed by atoms with Crippen molar-refractivity contribution in [2.75, 3.05) is 6.61 Å². The molecule has 58 valence electrons. The summed E-state index contributed by atoms with van der Waals surface area (Å²) in [6.07, 6.45) is -1.65. The van der Waals surface area contributed by atoms with Crippen LogP contribution in [0.4, 0.5) is 0 Å².